The van der Waals surface area contributed by atoms with Crippen molar-refractivity contribution in [3.63, 3.8) is 0 Å². The molecule has 0 radical (unpaired) electrons. The lowest BCUT2D eigenvalue weighted by molar-refractivity contribution is -0.129. The summed E-state index contributed by atoms with van der Waals surface area (Å²) in [5.74, 6) is -1.67. The SMILES string of the molecule is COC(CS(=O)(=O)O)c1ccc(C2(c3cccc(-c4ccc(F)c(C#N)c4)c3)N=C(N)N(C)C2=O)cc1. The number of likely N-dealkylation sites (N-methyl/N-ethyl adjacent to an activating group) is 1. The molecule has 9 nitrogen and oxygen atoms in total. The van der Waals surface area contributed by atoms with Gasteiger partial charge in [-0.05, 0) is 46.0 Å². The summed E-state index contributed by atoms with van der Waals surface area (Å²) in [4.78, 5) is 19.4. The third-order valence-corrected chi connectivity index (χ3v) is 7.01. The van der Waals surface area contributed by atoms with Gasteiger partial charge in [0.2, 0.25) is 0 Å². The third-order valence-electron chi connectivity index (χ3n) is 6.29. The summed E-state index contributed by atoms with van der Waals surface area (Å²) >= 11 is 0. The van der Waals surface area contributed by atoms with E-state index in [-0.39, 0.29) is 11.5 Å². The lowest BCUT2D eigenvalue weighted by Gasteiger charge is -2.27. The Morgan fingerprint density at radius 3 is 2.38 bits per heavy atom. The minimum atomic E-state index is -4.29. The summed E-state index contributed by atoms with van der Waals surface area (Å²) in [6.45, 7) is 0. The number of ether oxygens (including phenoxy) is 1. The average Bonchev–Trinajstić information content (AvgIpc) is 3.12. The van der Waals surface area contributed by atoms with E-state index in [0.717, 1.165) is 0 Å². The van der Waals surface area contributed by atoms with Gasteiger partial charge < -0.3 is 10.5 Å². The van der Waals surface area contributed by atoms with Crippen LogP contribution in [0.4, 0.5) is 4.39 Å². The Balaban J connectivity index is 1.84. The quantitative estimate of drug-likeness (QED) is 0.454. The van der Waals surface area contributed by atoms with E-state index in [2.05, 4.69) is 4.99 Å². The lowest BCUT2D eigenvalue weighted by atomic mass is 9.81. The Morgan fingerprint density at radius 1 is 1.14 bits per heavy atom. The fraction of sp³-hybridized carbons (Fsp3) is 0.192. The molecule has 1 amide bonds. The molecule has 0 aliphatic carbocycles. The zero-order valence-electron chi connectivity index (χ0n) is 19.9. The first-order valence-corrected chi connectivity index (χ1v) is 12.6. The van der Waals surface area contributed by atoms with Gasteiger partial charge >= 0.3 is 0 Å². The van der Waals surface area contributed by atoms with E-state index in [0.29, 0.717) is 27.8 Å². The number of aliphatic imine (C=N–C) groups is 1. The number of nitrogens with zero attached hydrogens (tertiary/aromatic N) is 3. The van der Waals surface area contributed by atoms with Crippen LogP contribution < -0.4 is 5.73 Å². The lowest BCUT2D eigenvalue weighted by Crippen LogP contribution is -2.41. The van der Waals surface area contributed by atoms with Crippen LogP contribution in [0, 0.1) is 17.1 Å². The number of hydrogen-bond donors (Lipinski definition) is 2. The molecule has 0 aromatic heterocycles. The summed E-state index contributed by atoms with van der Waals surface area (Å²) in [6, 6.07) is 19.4. The van der Waals surface area contributed by atoms with Gasteiger partial charge in [-0.1, -0.05) is 48.5 Å². The van der Waals surface area contributed by atoms with Gasteiger partial charge in [-0.3, -0.25) is 14.2 Å². The highest BCUT2D eigenvalue weighted by Gasteiger charge is 2.49. The van der Waals surface area contributed by atoms with Crippen LogP contribution in [0.15, 0.2) is 71.7 Å². The fourth-order valence-corrected chi connectivity index (χ4v) is 5.04. The van der Waals surface area contributed by atoms with Crippen LogP contribution in [0.1, 0.15) is 28.4 Å². The van der Waals surface area contributed by atoms with Crippen LogP contribution in [0.5, 0.6) is 0 Å². The van der Waals surface area contributed by atoms with Crippen molar-refractivity contribution in [1.29, 1.82) is 5.26 Å². The fourth-order valence-electron chi connectivity index (χ4n) is 4.33. The second-order valence-corrected chi connectivity index (χ2v) is 10.0. The van der Waals surface area contributed by atoms with Crippen LogP contribution in [0.2, 0.25) is 0 Å². The number of halogens is 1. The Hall–Kier alpha value is -4.11. The highest BCUT2D eigenvalue weighted by molar-refractivity contribution is 7.85. The van der Waals surface area contributed by atoms with Crippen LogP contribution >= 0.6 is 0 Å². The number of amides is 1. The smallest absolute Gasteiger partial charge is 0.267 e. The molecule has 4 rings (SSSR count). The van der Waals surface area contributed by atoms with Gasteiger partial charge in [0.05, 0.1) is 11.7 Å². The summed E-state index contributed by atoms with van der Waals surface area (Å²) in [5.41, 5.74) is 7.03. The number of benzene rings is 3. The number of carbonyl (C=O) groups is 1. The molecule has 3 aromatic rings. The first-order chi connectivity index (χ1) is 17.5. The van der Waals surface area contributed by atoms with E-state index < -0.39 is 39.2 Å². The number of carbonyl (C=O) groups excluding carboxylic acids is 1. The molecule has 1 aliphatic heterocycles. The molecule has 1 aliphatic rings. The molecular weight excluding hydrogens is 499 g/mol. The first kappa shape index (κ1) is 26.0. The topological polar surface area (TPSA) is 146 Å². The number of methoxy groups -OCH3 is 1. The molecular formula is C26H23FN4O5S. The second-order valence-electron chi connectivity index (χ2n) is 8.53. The normalized spacial score (nSPS) is 18.4. The molecule has 11 heteroatoms. The molecule has 0 saturated heterocycles. The van der Waals surface area contributed by atoms with Crippen molar-refractivity contribution in [3.05, 3.63) is 94.8 Å². The Labute approximate surface area is 213 Å². The van der Waals surface area contributed by atoms with Crippen molar-refractivity contribution < 1.29 is 26.9 Å². The van der Waals surface area contributed by atoms with Gasteiger partial charge in [0.15, 0.2) is 11.5 Å². The van der Waals surface area contributed by atoms with Crippen LogP contribution in [-0.4, -0.2) is 49.6 Å². The zero-order chi connectivity index (χ0) is 27.0. The summed E-state index contributed by atoms with van der Waals surface area (Å²) in [5, 5.41) is 9.21. The molecule has 190 valence electrons. The average molecular weight is 523 g/mol. The molecule has 0 saturated carbocycles. The van der Waals surface area contributed by atoms with Crippen molar-refractivity contribution in [2.24, 2.45) is 10.7 Å². The van der Waals surface area contributed by atoms with E-state index in [1.165, 1.54) is 37.3 Å². The predicted molar refractivity (Wildman–Crippen MR) is 134 cm³/mol. The minimum absolute atomic E-state index is 0.00849. The van der Waals surface area contributed by atoms with E-state index >= 15 is 0 Å². The van der Waals surface area contributed by atoms with Gasteiger partial charge in [0.1, 0.15) is 17.6 Å². The van der Waals surface area contributed by atoms with Gasteiger partial charge in [0, 0.05) is 14.2 Å². The van der Waals surface area contributed by atoms with Crippen molar-refractivity contribution in [2.45, 2.75) is 11.6 Å². The van der Waals surface area contributed by atoms with Crippen LogP contribution in [0.3, 0.4) is 0 Å². The van der Waals surface area contributed by atoms with Crippen LogP contribution in [-0.2, 0) is 25.2 Å². The molecule has 1 heterocycles. The maximum atomic E-state index is 13.9. The van der Waals surface area contributed by atoms with E-state index in [9.17, 15) is 27.4 Å². The van der Waals surface area contributed by atoms with Crippen molar-refractivity contribution in [3.8, 4) is 17.2 Å². The minimum Gasteiger partial charge on any atom is -0.376 e. The largest absolute Gasteiger partial charge is 0.376 e. The van der Waals surface area contributed by atoms with Gasteiger partial charge in [0.25, 0.3) is 16.0 Å². The van der Waals surface area contributed by atoms with Crippen molar-refractivity contribution >= 4 is 22.0 Å². The second kappa shape index (κ2) is 9.74. The summed E-state index contributed by atoms with van der Waals surface area (Å²) in [6.07, 6.45) is -0.924. The number of nitrogens with two attached hydrogens (primary N) is 1. The van der Waals surface area contributed by atoms with Gasteiger partial charge in [-0.25, -0.2) is 9.38 Å². The Morgan fingerprint density at radius 2 is 1.81 bits per heavy atom. The summed E-state index contributed by atoms with van der Waals surface area (Å²) < 4.78 is 51.1. The van der Waals surface area contributed by atoms with Gasteiger partial charge in [-0.2, -0.15) is 13.7 Å². The van der Waals surface area contributed by atoms with Crippen molar-refractivity contribution in [1.82, 2.24) is 4.90 Å². The molecule has 3 aromatic carbocycles. The van der Waals surface area contributed by atoms with E-state index in [4.69, 9.17) is 10.5 Å². The predicted octanol–water partition coefficient (Wildman–Crippen LogP) is 2.97. The molecule has 0 spiro atoms. The highest BCUT2D eigenvalue weighted by Crippen LogP contribution is 2.41. The standard InChI is InChI=1S/C26H23FN4O5S/c1-31-24(32)26(30-25(31)29,20-9-6-16(7-10-20)23(36-2)15-37(33,34)35)21-5-3-4-17(13-21)18-8-11-22(27)19(12-18)14-28/h3-13,23H,15H2,1-2H3,(H2,29,30)(H,33,34,35). The van der Waals surface area contributed by atoms with Gasteiger partial charge in [-0.15, -0.1) is 0 Å². The number of rotatable bonds is 7. The highest BCUT2D eigenvalue weighted by atomic mass is 32.2. The van der Waals surface area contributed by atoms with Crippen LogP contribution in [0.25, 0.3) is 11.1 Å². The van der Waals surface area contributed by atoms with Crippen molar-refractivity contribution in [2.75, 3.05) is 19.9 Å². The number of nitriles is 1. The molecule has 37 heavy (non-hydrogen) atoms. The molecule has 2 unspecified atom stereocenters. The molecule has 2 atom stereocenters. The first-order valence-electron chi connectivity index (χ1n) is 11.0. The number of guanidine groups is 1. The maximum Gasteiger partial charge on any atom is 0.267 e. The summed E-state index contributed by atoms with van der Waals surface area (Å²) in [7, 11) is -1.46. The molecule has 0 fully saturated rings. The molecule has 0 bridgehead atoms. The Kier molecular flexibility index (Phi) is 6.84. The third kappa shape index (κ3) is 4.82. The van der Waals surface area contributed by atoms with E-state index in [1.807, 2.05) is 6.07 Å². The zero-order valence-corrected chi connectivity index (χ0v) is 20.7. The number of hydrogen-bond acceptors (Lipinski definition) is 7. The Bertz CT molecular complexity index is 1550. The molecule has 3 N–H and O–H groups in total. The van der Waals surface area contributed by atoms with E-state index in [1.54, 1.807) is 48.5 Å². The maximum absolute atomic E-state index is 13.9. The monoisotopic (exact) mass is 522 g/mol.